The van der Waals surface area contributed by atoms with E-state index in [-0.39, 0.29) is 30.2 Å². The van der Waals surface area contributed by atoms with Crippen molar-refractivity contribution < 1.29 is 23.9 Å². The van der Waals surface area contributed by atoms with E-state index in [9.17, 15) is 14.4 Å². The quantitative estimate of drug-likeness (QED) is 0.678. The maximum Gasteiger partial charge on any atom is 0.257 e. The first-order chi connectivity index (χ1) is 14.9. The van der Waals surface area contributed by atoms with Gasteiger partial charge in [0.1, 0.15) is 5.75 Å². The van der Waals surface area contributed by atoms with Crippen LogP contribution in [0.15, 0.2) is 48.5 Å². The first kappa shape index (κ1) is 22.3. The highest BCUT2D eigenvalue weighted by Crippen LogP contribution is 2.24. The van der Waals surface area contributed by atoms with Crippen molar-refractivity contribution in [3.05, 3.63) is 54.1 Å². The van der Waals surface area contributed by atoms with Crippen LogP contribution < -0.4 is 15.4 Å². The Morgan fingerprint density at radius 3 is 2.48 bits per heavy atom. The van der Waals surface area contributed by atoms with Gasteiger partial charge in [0.15, 0.2) is 0 Å². The molecule has 1 fully saturated rings. The van der Waals surface area contributed by atoms with Crippen molar-refractivity contribution in [2.75, 3.05) is 38.0 Å². The molecule has 0 radical (unpaired) electrons. The summed E-state index contributed by atoms with van der Waals surface area (Å²) in [7, 11) is 3.15. The predicted octanol–water partition coefficient (Wildman–Crippen LogP) is 2.77. The van der Waals surface area contributed by atoms with Crippen LogP contribution in [-0.4, -0.2) is 56.0 Å². The monoisotopic (exact) mass is 425 g/mol. The van der Waals surface area contributed by atoms with Crippen molar-refractivity contribution in [3.8, 4) is 5.75 Å². The number of ether oxygens (including phenoxy) is 2. The minimum Gasteiger partial charge on any atom is -0.497 e. The van der Waals surface area contributed by atoms with Gasteiger partial charge in [0.05, 0.1) is 36.9 Å². The van der Waals surface area contributed by atoms with Crippen LogP contribution in [0.2, 0.25) is 0 Å². The first-order valence-electron chi connectivity index (χ1n) is 10.1. The van der Waals surface area contributed by atoms with Gasteiger partial charge in [-0.1, -0.05) is 12.1 Å². The molecule has 8 heteroatoms. The molecule has 1 heterocycles. The largest absolute Gasteiger partial charge is 0.497 e. The zero-order chi connectivity index (χ0) is 22.4. The van der Waals surface area contributed by atoms with Gasteiger partial charge in [0.2, 0.25) is 11.8 Å². The van der Waals surface area contributed by atoms with Crippen LogP contribution in [0.4, 0.5) is 11.4 Å². The number of hydrogen-bond acceptors (Lipinski definition) is 5. The van der Waals surface area contributed by atoms with Gasteiger partial charge < -0.3 is 25.0 Å². The summed E-state index contributed by atoms with van der Waals surface area (Å²) in [6.45, 7) is 2.63. The molecule has 1 saturated heterocycles. The van der Waals surface area contributed by atoms with Crippen molar-refractivity contribution in [1.29, 1.82) is 0 Å². The van der Waals surface area contributed by atoms with E-state index in [1.54, 1.807) is 67.7 Å². The third-order valence-electron chi connectivity index (χ3n) is 5.25. The van der Waals surface area contributed by atoms with E-state index < -0.39 is 5.92 Å². The Morgan fingerprint density at radius 2 is 1.81 bits per heavy atom. The minimum absolute atomic E-state index is 0.0739. The summed E-state index contributed by atoms with van der Waals surface area (Å²) in [6, 6.07) is 13.6. The molecule has 0 unspecified atom stereocenters. The molecule has 1 aliphatic heterocycles. The summed E-state index contributed by atoms with van der Waals surface area (Å²) in [6.07, 6.45) is 0.139. The number of para-hydroxylation sites is 1. The van der Waals surface area contributed by atoms with E-state index in [1.807, 2.05) is 6.92 Å². The molecule has 2 N–H and O–H groups in total. The average molecular weight is 425 g/mol. The van der Waals surface area contributed by atoms with Gasteiger partial charge in [0, 0.05) is 25.8 Å². The maximum atomic E-state index is 12.8. The molecule has 2 atom stereocenters. The summed E-state index contributed by atoms with van der Waals surface area (Å²) < 4.78 is 10.2. The van der Waals surface area contributed by atoms with E-state index in [1.165, 1.54) is 0 Å². The molecule has 0 aliphatic carbocycles. The molecule has 31 heavy (non-hydrogen) atoms. The molecular weight excluding hydrogens is 398 g/mol. The number of rotatable bonds is 8. The van der Waals surface area contributed by atoms with Crippen molar-refractivity contribution >= 4 is 29.1 Å². The predicted molar refractivity (Wildman–Crippen MR) is 117 cm³/mol. The van der Waals surface area contributed by atoms with E-state index in [2.05, 4.69) is 10.6 Å². The Labute approximate surface area is 181 Å². The Balaban J connectivity index is 1.68. The van der Waals surface area contributed by atoms with E-state index in [4.69, 9.17) is 9.47 Å². The third kappa shape index (κ3) is 5.40. The molecular formula is C23H27N3O5. The van der Waals surface area contributed by atoms with Crippen LogP contribution in [0.3, 0.4) is 0 Å². The smallest absolute Gasteiger partial charge is 0.257 e. The number of likely N-dealkylation sites (tertiary alicyclic amines) is 1. The zero-order valence-corrected chi connectivity index (χ0v) is 17.9. The highest BCUT2D eigenvalue weighted by atomic mass is 16.5. The Kier molecular flexibility index (Phi) is 7.25. The molecule has 164 valence electrons. The number of methoxy groups -OCH3 is 2. The SMILES string of the molecule is COC[C@H](C)N1C[C@H](C(=O)Nc2ccccc2C(=O)Nc2ccc(OC)cc2)CC1=O. The first-order valence-corrected chi connectivity index (χ1v) is 10.1. The molecule has 8 nitrogen and oxygen atoms in total. The summed E-state index contributed by atoms with van der Waals surface area (Å²) in [5.74, 6) is -0.505. The van der Waals surface area contributed by atoms with Crippen LogP contribution in [0.25, 0.3) is 0 Å². The topological polar surface area (TPSA) is 97.0 Å². The van der Waals surface area contributed by atoms with Crippen LogP contribution in [0.5, 0.6) is 5.75 Å². The number of benzene rings is 2. The van der Waals surface area contributed by atoms with Crippen molar-refractivity contribution in [2.24, 2.45) is 5.92 Å². The van der Waals surface area contributed by atoms with Gasteiger partial charge in [-0.05, 0) is 43.3 Å². The van der Waals surface area contributed by atoms with Gasteiger partial charge in [-0.2, -0.15) is 0 Å². The molecule has 3 amide bonds. The van der Waals surface area contributed by atoms with E-state index in [0.29, 0.717) is 35.8 Å². The molecule has 2 aromatic rings. The molecule has 3 rings (SSSR count). The Bertz CT molecular complexity index is 944. The fraction of sp³-hybridized carbons (Fsp3) is 0.348. The maximum absolute atomic E-state index is 12.8. The molecule has 0 bridgehead atoms. The number of nitrogens with zero attached hydrogens (tertiary/aromatic N) is 1. The average Bonchev–Trinajstić information content (AvgIpc) is 3.16. The third-order valence-corrected chi connectivity index (χ3v) is 5.25. The number of nitrogens with one attached hydrogen (secondary N) is 2. The normalized spacial score (nSPS) is 16.7. The lowest BCUT2D eigenvalue weighted by molar-refractivity contribution is -0.130. The summed E-state index contributed by atoms with van der Waals surface area (Å²) in [4.78, 5) is 39.6. The van der Waals surface area contributed by atoms with E-state index in [0.717, 1.165) is 0 Å². The summed E-state index contributed by atoms with van der Waals surface area (Å²) in [5.41, 5.74) is 1.34. The molecule has 0 saturated carbocycles. The van der Waals surface area contributed by atoms with Crippen LogP contribution in [0.1, 0.15) is 23.7 Å². The Hall–Kier alpha value is -3.39. The fourth-order valence-electron chi connectivity index (χ4n) is 3.56. The standard InChI is InChI=1S/C23H27N3O5/c1-15(14-30-2)26-13-16(12-21(26)27)22(28)25-20-7-5-4-6-19(20)23(29)24-17-8-10-18(31-3)11-9-17/h4-11,15-16H,12-14H2,1-3H3,(H,24,29)(H,25,28)/t15-,16+/m0/s1. The van der Waals surface area contributed by atoms with Crippen LogP contribution in [0, 0.1) is 5.92 Å². The Morgan fingerprint density at radius 1 is 1.10 bits per heavy atom. The summed E-state index contributed by atoms with van der Waals surface area (Å²) in [5, 5.41) is 5.63. The number of anilines is 2. The van der Waals surface area contributed by atoms with Crippen molar-refractivity contribution in [3.63, 3.8) is 0 Å². The minimum atomic E-state index is -0.482. The highest BCUT2D eigenvalue weighted by Gasteiger charge is 2.36. The number of amides is 3. The number of carbonyl (C=O) groups excluding carboxylic acids is 3. The van der Waals surface area contributed by atoms with Gasteiger partial charge in [-0.3, -0.25) is 14.4 Å². The van der Waals surface area contributed by atoms with Crippen LogP contribution >= 0.6 is 0 Å². The van der Waals surface area contributed by atoms with Gasteiger partial charge in [-0.15, -0.1) is 0 Å². The second-order valence-electron chi connectivity index (χ2n) is 7.47. The van der Waals surface area contributed by atoms with Crippen LogP contribution in [-0.2, 0) is 14.3 Å². The second-order valence-corrected chi connectivity index (χ2v) is 7.47. The van der Waals surface area contributed by atoms with Gasteiger partial charge >= 0.3 is 0 Å². The molecule has 1 aliphatic rings. The highest BCUT2D eigenvalue weighted by molar-refractivity contribution is 6.10. The number of hydrogen-bond donors (Lipinski definition) is 2. The zero-order valence-electron chi connectivity index (χ0n) is 17.9. The number of carbonyl (C=O) groups is 3. The van der Waals surface area contributed by atoms with E-state index >= 15 is 0 Å². The summed E-state index contributed by atoms with van der Waals surface area (Å²) >= 11 is 0. The molecule has 2 aromatic carbocycles. The molecule has 0 spiro atoms. The lowest BCUT2D eigenvalue weighted by Crippen LogP contribution is -2.38. The molecule has 0 aromatic heterocycles. The fourth-order valence-corrected chi connectivity index (χ4v) is 3.56. The lowest BCUT2D eigenvalue weighted by atomic mass is 10.1. The van der Waals surface area contributed by atoms with Gasteiger partial charge in [-0.25, -0.2) is 0 Å². The van der Waals surface area contributed by atoms with Crippen molar-refractivity contribution in [2.45, 2.75) is 19.4 Å². The van der Waals surface area contributed by atoms with Gasteiger partial charge in [0.25, 0.3) is 5.91 Å². The lowest BCUT2D eigenvalue weighted by Gasteiger charge is -2.24. The van der Waals surface area contributed by atoms with Crippen molar-refractivity contribution in [1.82, 2.24) is 4.90 Å². The second kappa shape index (κ2) is 10.1.